The first kappa shape index (κ1) is 16.3. The van der Waals surface area contributed by atoms with Gasteiger partial charge in [-0.1, -0.05) is 28.9 Å². The average molecular weight is 355 g/mol. The van der Waals surface area contributed by atoms with E-state index in [0.29, 0.717) is 13.0 Å². The zero-order chi connectivity index (χ0) is 15.1. The molecule has 1 atom stereocenters. The lowest BCUT2D eigenvalue weighted by Crippen LogP contribution is -2.29. The maximum Gasteiger partial charge on any atom is 0.221 e. The number of hydrogen-bond acceptors (Lipinski definition) is 3. The molecule has 4 nitrogen and oxygen atoms in total. The molecule has 0 radical (unpaired) electrons. The quantitative estimate of drug-likeness (QED) is 0.824. The third kappa shape index (κ3) is 5.00. The highest BCUT2D eigenvalue weighted by Crippen LogP contribution is 2.33. The Morgan fingerprint density at radius 3 is 3.10 bits per heavy atom. The molecule has 0 fully saturated rings. The number of hydrogen-bond donors (Lipinski definition) is 2. The van der Waals surface area contributed by atoms with Gasteiger partial charge in [-0.3, -0.25) is 4.79 Å². The van der Waals surface area contributed by atoms with Crippen LogP contribution < -0.4 is 15.4 Å². The number of carbonyl (C=O) groups is 1. The van der Waals surface area contributed by atoms with Gasteiger partial charge in [0.25, 0.3) is 0 Å². The van der Waals surface area contributed by atoms with E-state index in [9.17, 15) is 4.79 Å². The second-order valence-corrected chi connectivity index (χ2v) is 6.20. The van der Waals surface area contributed by atoms with Gasteiger partial charge >= 0.3 is 0 Å². The molecule has 1 heterocycles. The Labute approximate surface area is 134 Å². The minimum atomic E-state index is 0.116. The van der Waals surface area contributed by atoms with Crippen molar-refractivity contribution in [1.82, 2.24) is 10.6 Å². The molecule has 1 aliphatic rings. The van der Waals surface area contributed by atoms with Gasteiger partial charge in [-0.15, -0.1) is 0 Å². The Morgan fingerprint density at radius 2 is 2.29 bits per heavy atom. The van der Waals surface area contributed by atoms with Gasteiger partial charge in [0.1, 0.15) is 5.75 Å². The molecule has 2 rings (SSSR count). The number of ether oxygens (including phenoxy) is 1. The highest BCUT2D eigenvalue weighted by Gasteiger charge is 2.19. The molecule has 0 bridgehead atoms. The van der Waals surface area contributed by atoms with Crippen LogP contribution in [0, 0.1) is 0 Å². The molecule has 0 aromatic heterocycles. The summed E-state index contributed by atoms with van der Waals surface area (Å²) in [6.45, 7) is 4.25. The van der Waals surface area contributed by atoms with Gasteiger partial charge < -0.3 is 15.4 Å². The molecule has 1 unspecified atom stereocenters. The molecule has 0 spiro atoms. The van der Waals surface area contributed by atoms with Crippen LogP contribution in [-0.4, -0.2) is 25.6 Å². The first-order chi connectivity index (χ1) is 10.2. The average Bonchev–Trinajstić information content (AvgIpc) is 2.67. The first-order valence-corrected chi connectivity index (χ1v) is 8.42. The number of halogens is 1. The number of nitrogens with one attached hydrogen (secondary N) is 2. The second-order valence-electron chi connectivity index (χ2n) is 5.28. The van der Waals surface area contributed by atoms with E-state index < -0.39 is 0 Å². The fraction of sp³-hybridized carbons (Fsp3) is 0.562. The van der Waals surface area contributed by atoms with Crippen molar-refractivity contribution in [2.24, 2.45) is 0 Å². The lowest BCUT2D eigenvalue weighted by atomic mass is 10.0. The molecule has 1 aromatic rings. The summed E-state index contributed by atoms with van der Waals surface area (Å²) in [6, 6.07) is 6.41. The molecular weight excluding hydrogens is 332 g/mol. The van der Waals surface area contributed by atoms with E-state index in [1.54, 1.807) is 0 Å². The maximum atomic E-state index is 11.6. The molecule has 21 heavy (non-hydrogen) atoms. The standard InChI is InChI=1S/C16H23BrN2O2/c1-2-8-19-16(20)7-9-18-14-4-3-10-21-15-11-12(17)5-6-13(14)15/h5-6,11,14,18H,2-4,7-10H2,1H3,(H,19,20). The first-order valence-electron chi connectivity index (χ1n) is 7.63. The number of rotatable bonds is 6. The largest absolute Gasteiger partial charge is 0.493 e. The van der Waals surface area contributed by atoms with Crippen molar-refractivity contribution in [2.45, 2.75) is 38.6 Å². The summed E-state index contributed by atoms with van der Waals surface area (Å²) in [5.41, 5.74) is 1.18. The van der Waals surface area contributed by atoms with Gasteiger partial charge in [-0.2, -0.15) is 0 Å². The molecule has 1 aromatic carbocycles. The number of benzene rings is 1. The zero-order valence-electron chi connectivity index (χ0n) is 12.5. The van der Waals surface area contributed by atoms with Crippen molar-refractivity contribution in [1.29, 1.82) is 0 Å². The van der Waals surface area contributed by atoms with Crippen molar-refractivity contribution in [3.05, 3.63) is 28.2 Å². The van der Waals surface area contributed by atoms with E-state index >= 15 is 0 Å². The van der Waals surface area contributed by atoms with Crippen molar-refractivity contribution in [3.8, 4) is 5.75 Å². The lowest BCUT2D eigenvalue weighted by Gasteiger charge is -2.18. The molecule has 2 N–H and O–H groups in total. The highest BCUT2D eigenvalue weighted by atomic mass is 79.9. The molecule has 0 saturated heterocycles. The van der Waals surface area contributed by atoms with Crippen molar-refractivity contribution in [3.63, 3.8) is 0 Å². The Bertz CT molecular complexity index is 479. The zero-order valence-corrected chi connectivity index (χ0v) is 14.0. The Hall–Kier alpha value is -1.07. The van der Waals surface area contributed by atoms with Crippen LogP contribution in [-0.2, 0) is 4.79 Å². The van der Waals surface area contributed by atoms with Crippen LogP contribution in [0.3, 0.4) is 0 Å². The summed E-state index contributed by atoms with van der Waals surface area (Å²) in [5, 5.41) is 6.39. The third-order valence-electron chi connectivity index (χ3n) is 3.56. The van der Waals surface area contributed by atoms with Gasteiger partial charge in [0.15, 0.2) is 0 Å². The van der Waals surface area contributed by atoms with Crippen LogP contribution in [0.1, 0.15) is 44.2 Å². The van der Waals surface area contributed by atoms with E-state index in [2.05, 4.69) is 39.6 Å². The molecule has 0 aliphatic carbocycles. The number of fused-ring (bicyclic) bond motifs is 1. The van der Waals surface area contributed by atoms with Crippen LogP contribution in [0.2, 0.25) is 0 Å². The van der Waals surface area contributed by atoms with Crippen LogP contribution in [0.25, 0.3) is 0 Å². The van der Waals surface area contributed by atoms with Gasteiger partial charge in [-0.05, 0) is 31.4 Å². The molecule has 116 valence electrons. The van der Waals surface area contributed by atoms with Crippen LogP contribution in [0.5, 0.6) is 5.75 Å². The van der Waals surface area contributed by atoms with Gasteiger partial charge in [0.05, 0.1) is 6.61 Å². The summed E-state index contributed by atoms with van der Waals surface area (Å²) in [4.78, 5) is 11.6. The summed E-state index contributed by atoms with van der Waals surface area (Å²) in [5.74, 6) is 1.06. The lowest BCUT2D eigenvalue weighted by molar-refractivity contribution is -0.121. The van der Waals surface area contributed by atoms with E-state index in [0.717, 1.165) is 42.6 Å². The Balaban J connectivity index is 1.90. The monoisotopic (exact) mass is 354 g/mol. The summed E-state index contributed by atoms with van der Waals surface area (Å²) in [7, 11) is 0. The van der Waals surface area contributed by atoms with Crippen LogP contribution >= 0.6 is 15.9 Å². The van der Waals surface area contributed by atoms with Crippen LogP contribution in [0.4, 0.5) is 0 Å². The highest BCUT2D eigenvalue weighted by molar-refractivity contribution is 9.10. The van der Waals surface area contributed by atoms with Gasteiger partial charge in [0, 0.05) is 35.6 Å². The molecule has 0 saturated carbocycles. The van der Waals surface area contributed by atoms with Crippen molar-refractivity contribution >= 4 is 21.8 Å². The molecule has 5 heteroatoms. The summed E-state index contributed by atoms with van der Waals surface area (Å²) < 4.78 is 6.82. The molecule has 1 amide bonds. The minimum absolute atomic E-state index is 0.116. The summed E-state index contributed by atoms with van der Waals surface area (Å²) in [6.07, 6.45) is 3.54. The topological polar surface area (TPSA) is 50.4 Å². The van der Waals surface area contributed by atoms with E-state index in [-0.39, 0.29) is 11.9 Å². The SMILES string of the molecule is CCCNC(=O)CCNC1CCCOc2cc(Br)ccc21. The van der Waals surface area contributed by atoms with E-state index in [1.165, 1.54) is 5.56 Å². The fourth-order valence-electron chi connectivity index (χ4n) is 2.47. The maximum absolute atomic E-state index is 11.6. The van der Waals surface area contributed by atoms with Gasteiger partial charge in [-0.25, -0.2) is 0 Å². The fourth-order valence-corrected chi connectivity index (χ4v) is 2.81. The predicted molar refractivity (Wildman–Crippen MR) is 87.5 cm³/mol. The minimum Gasteiger partial charge on any atom is -0.493 e. The third-order valence-corrected chi connectivity index (χ3v) is 4.05. The Kier molecular flexibility index (Phi) is 6.51. The van der Waals surface area contributed by atoms with Crippen molar-refractivity contribution < 1.29 is 9.53 Å². The second kappa shape index (κ2) is 8.39. The molecular formula is C16H23BrN2O2. The summed E-state index contributed by atoms with van der Waals surface area (Å²) >= 11 is 3.48. The van der Waals surface area contributed by atoms with E-state index in [4.69, 9.17) is 4.74 Å². The predicted octanol–water partition coefficient (Wildman–Crippen LogP) is 3.17. The van der Waals surface area contributed by atoms with Crippen molar-refractivity contribution in [2.75, 3.05) is 19.7 Å². The smallest absolute Gasteiger partial charge is 0.221 e. The van der Waals surface area contributed by atoms with Gasteiger partial charge in [0.2, 0.25) is 5.91 Å². The number of amides is 1. The van der Waals surface area contributed by atoms with E-state index in [1.807, 2.05) is 12.1 Å². The Morgan fingerprint density at radius 1 is 1.43 bits per heavy atom. The normalized spacial score (nSPS) is 17.5. The molecule has 1 aliphatic heterocycles. The number of carbonyl (C=O) groups excluding carboxylic acids is 1. The van der Waals surface area contributed by atoms with Crippen LogP contribution in [0.15, 0.2) is 22.7 Å².